The van der Waals surface area contributed by atoms with Crippen molar-refractivity contribution in [3.8, 4) is 22.3 Å². The van der Waals surface area contributed by atoms with Gasteiger partial charge in [0.2, 0.25) is 0 Å². The molecule has 0 N–H and O–H groups in total. The second-order valence-electron chi connectivity index (χ2n) is 13.6. The number of rotatable bonds is 5. The van der Waals surface area contributed by atoms with E-state index in [2.05, 4.69) is 181 Å². The quantitative estimate of drug-likeness (QED) is 0.167. The predicted octanol–water partition coefficient (Wildman–Crippen LogP) is 15.1. The lowest BCUT2D eigenvalue weighted by Crippen LogP contribution is -2.12. The SMILES string of the molecule is c1ccc(-c2c(N(c3ccc(-c4cccc5c4oc4ccccc45)cc3)c3cccc4c3sc3ccccc34)c3ccccc3c3ccccc23)cc1. The molecular formula is C50H31NOS. The zero-order valence-electron chi connectivity index (χ0n) is 28.7. The molecule has 2 heterocycles. The number of hydrogen-bond donors (Lipinski definition) is 0. The number of anilines is 3. The lowest BCUT2D eigenvalue weighted by Gasteiger charge is -2.31. The van der Waals surface area contributed by atoms with Crippen molar-refractivity contribution in [3.05, 3.63) is 188 Å². The molecule has 0 atom stereocenters. The first-order valence-electron chi connectivity index (χ1n) is 18.0. The van der Waals surface area contributed by atoms with Crippen LogP contribution in [-0.2, 0) is 0 Å². The Morgan fingerprint density at radius 1 is 0.396 bits per heavy atom. The summed E-state index contributed by atoms with van der Waals surface area (Å²) in [4.78, 5) is 2.51. The number of thiophene rings is 1. The summed E-state index contributed by atoms with van der Waals surface area (Å²) in [5, 5.41) is 9.76. The molecule has 0 aliphatic rings. The summed E-state index contributed by atoms with van der Waals surface area (Å²) >= 11 is 1.87. The van der Waals surface area contributed by atoms with Gasteiger partial charge in [-0.25, -0.2) is 0 Å². The van der Waals surface area contributed by atoms with E-state index in [0.717, 1.165) is 44.4 Å². The molecule has 0 aliphatic carbocycles. The molecule has 11 aromatic rings. The van der Waals surface area contributed by atoms with Crippen molar-refractivity contribution in [2.45, 2.75) is 0 Å². The lowest BCUT2D eigenvalue weighted by molar-refractivity contribution is 0.670. The van der Waals surface area contributed by atoms with Gasteiger partial charge in [0.25, 0.3) is 0 Å². The van der Waals surface area contributed by atoms with Crippen LogP contribution in [-0.4, -0.2) is 0 Å². The monoisotopic (exact) mass is 693 g/mol. The first-order valence-corrected chi connectivity index (χ1v) is 18.8. The van der Waals surface area contributed by atoms with Crippen molar-refractivity contribution >= 4 is 92.1 Å². The van der Waals surface area contributed by atoms with Gasteiger partial charge in [-0.3, -0.25) is 0 Å². The summed E-state index contributed by atoms with van der Waals surface area (Å²) in [6, 6.07) is 68.0. The van der Waals surface area contributed by atoms with E-state index in [1.165, 1.54) is 58.5 Å². The fourth-order valence-corrected chi connectivity index (χ4v) is 9.52. The Kier molecular flexibility index (Phi) is 6.76. The van der Waals surface area contributed by atoms with Crippen LogP contribution in [0, 0.1) is 0 Å². The highest BCUT2D eigenvalue weighted by Gasteiger charge is 2.25. The Morgan fingerprint density at radius 3 is 1.81 bits per heavy atom. The standard InChI is InChI=1S/C50H31NOS/c1-2-14-33(15-3-1)47-40-20-6-4-16-36(40)37-17-5-7-21-41(37)48(47)51(44-25-13-24-43-39-19-9-11-27-46(39)53-50(43)44)34-30-28-32(29-31-34)35-22-12-23-42-38-18-8-10-26-45(38)52-49(35)42/h1-31H. The molecular weight excluding hydrogens is 663 g/mol. The van der Waals surface area contributed by atoms with Gasteiger partial charge < -0.3 is 9.32 Å². The van der Waals surface area contributed by atoms with Crippen LogP contribution < -0.4 is 4.90 Å². The molecule has 11 rings (SSSR count). The van der Waals surface area contributed by atoms with E-state index in [1.54, 1.807) is 0 Å². The number of furan rings is 1. The van der Waals surface area contributed by atoms with Crippen molar-refractivity contribution in [2.75, 3.05) is 4.90 Å². The van der Waals surface area contributed by atoms with E-state index in [-0.39, 0.29) is 0 Å². The summed E-state index contributed by atoms with van der Waals surface area (Å²) in [5.74, 6) is 0. The van der Waals surface area contributed by atoms with Gasteiger partial charge in [0, 0.05) is 48.4 Å². The fourth-order valence-electron chi connectivity index (χ4n) is 8.31. The van der Waals surface area contributed by atoms with Gasteiger partial charge in [-0.1, -0.05) is 158 Å². The van der Waals surface area contributed by atoms with Crippen LogP contribution in [0.1, 0.15) is 0 Å². The Morgan fingerprint density at radius 2 is 1.00 bits per heavy atom. The van der Waals surface area contributed by atoms with E-state index in [1.807, 2.05) is 23.5 Å². The molecule has 0 aliphatic heterocycles. The Labute approximate surface area is 310 Å². The van der Waals surface area contributed by atoms with Crippen molar-refractivity contribution < 1.29 is 4.42 Å². The minimum absolute atomic E-state index is 0.908. The number of fused-ring (bicyclic) bond motifs is 9. The van der Waals surface area contributed by atoms with Gasteiger partial charge in [-0.2, -0.15) is 0 Å². The summed E-state index contributed by atoms with van der Waals surface area (Å²) in [5.41, 5.74) is 9.85. The van der Waals surface area contributed by atoms with Crippen molar-refractivity contribution in [3.63, 3.8) is 0 Å². The van der Waals surface area contributed by atoms with E-state index in [4.69, 9.17) is 4.42 Å². The molecule has 53 heavy (non-hydrogen) atoms. The maximum Gasteiger partial charge on any atom is 0.143 e. The van der Waals surface area contributed by atoms with Crippen LogP contribution >= 0.6 is 11.3 Å². The largest absolute Gasteiger partial charge is 0.455 e. The highest BCUT2D eigenvalue weighted by molar-refractivity contribution is 7.26. The van der Waals surface area contributed by atoms with Crippen molar-refractivity contribution in [1.82, 2.24) is 0 Å². The van der Waals surface area contributed by atoms with Crippen LogP contribution in [0.2, 0.25) is 0 Å². The molecule has 9 aromatic carbocycles. The first kappa shape index (κ1) is 30.0. The number of para-hydroxylation sites is 2. The second kappa shape index (κ2) is 11.9. The second-order valence-corrected chi connectivity index (χ2v) is 14.6. The van der Waals surface area contributed by atoms with Crippen LogP contribution in [0.15, 0.2) is 192 Å². The van der Waals surface area contributed by atoms with E-state index >= 15 is 0 Å². The van der Waals surface area contributed by atoms with E-state index in [0.29, 0.717) is 0 Å². The summed E-state index contributed by atoms with van der Waals surface area (Å²) in [6.07, 6.45) is 0. The minimum Gasteiger partial charge on any atom is -0.455 e. The molecule has 0 unspecified atom stereocenters. The van der Waals surface area contributed by atoms with Crippen molar-refractivity contribution in [2.24, 2.45) is 0 Å². The molecule has 0 radical (unpaired) electrons. The molecule has 0 fully saturated rings. The van der Waals surface area contributed by atoms with Crippen LogP contribution in [0.5, 0.6) is 0 Å². The Bertz CT molecular complexity index is 3170. The predicted molar refractivity (Wildman–Crippen MR) is 227 cm³/mol. The smallest absolute Gasteiger partial charge is 0.143 e. The van der Waals surface area contributed by atoms with Gasteiger partial charge in [0.15, 0.2) is 0 Å². The third kappa shape index (κ3) is 4.64. The summed E-state index contributed by atoms with van der Waals surface area (Å²) < 4.78 is 9.03. The number of benzene rings is 9. The van der Waals surface area contributed by atoms with E-state index in [9.17, 15) is 0 Å². The topological polar surface area (TPSA) is 16.4 Å². The van der Waals surface area contributed by atoms with Crippen LogP contribution in [0.4, 0.5) is 17.1 Å². The molecule has 0 saturated carbocycles. The minimum atomic E-state index is 0.908. The zero-order chi connectivity index (χ0) is 34.9. The fraction of sp³-hybridized carbons (Fsp3) is 0. The van der Waals surface area contributed by atoms with Crippen molar-refractivity contribution in [1.29, 1.82) is 0 Å². The van der Waals surface area contributed by atoms with Gasteiger partial charge >= 0.3 is 0 Å². The molecule has 0 spiro atoms. The van der Waals surface area contributed by atoms with Crippen LogP contribution in [0.25, 0.3) is 85.9 Å². The molecule has 2 aromatic heterocycles. The lowest BCUT2D eigenvalue weighted by atomic mass is 9.90. The molecule has 0 saturated heterocycles. The third-order valence-electron chi connectivity index (χ3n) is 10.7. The average molecular weight is 694 g/mol. The first-order chi connectivity index (χ1) is 26.3. The maximum absolute atomic E-state index is 6.48. The highest BCUT2D eigenvalue weighted by Crippen LogP contribution is 2.52. The van der Waals surface area contributed by atoms with Gasteiger partial charge in [0.1, 0.15) is 11.2 Å². The Balaban J connectivity index is 1.22. The number of hydrogen-bond acceptors (Lipinski definition) is 3. The average Bonchev–Trinajstić information content (AvgIpc) is 3.81. The number of nitrogens with zero attached hydrogens (tertiary/aromatic N) is 1. The molecule has 2 nitrogen and oxygen atoms in total. The maximum atomic E-state index is 6.48. The Hall–Kier alpha value is -6.68. The zero-order valence-corrected chi connectivity index (χ0v) is 29.5. The molecule has 248 valence electrons. The highest BCUT2D eigenvalue weighted by atomic mass is 32.1. The normalized spacial score (nSPS) is 11.8. The summed E-state index contributed by atoms with van der Waals surface area (Å²) in [7, 11) is 0. The van der Waals surface area contributed by atoms with Gasteiger partial charge in [0.05, 0.1) is 16.1 Å². The van der Waals surface area contributed by atoms with Gasteiger partial charge in [-0.15, -0.1) is 11.3 Å². The third-order valence-corrected chi connectivity index (χ3v) is 11.9. The van der Waals surface area contributed by atoms with E-state index < -0.39 is 0 Å². The summed E-state index contributed by atoms with van der Waals surface area (Å²) in [6.45, 7) is 0. The van der Waals surface area contributed by atoms with Crippen LogP contribution in [0.3, 0.4) is 0 Å². The molecule has 3 heteroatoms. The molecule has 0 bridgehead atoms. The molecule has 0 amide bonds. The van der Waals surface area contributed by atoms with Gasteiger partial charge in [-0.05, 0) is 57.6 Å².